The van der Waals surface area contributed by atoms with Crippen molar-refractivity contribution >= 4 is 27.4 Å². The maximum absolute atomic E-state index is 12.3. The zero-order valence-corrected chi connectivity index (χ0v) is 19.4. The molecule has 0 radical (unpaired) electrons. The predicted octanol–water partition coefficient (Wildman–Crippen LogP) is 1.71. The highest BCUT2D eigenvalue weighted by Gasteiger charge is 2.10. The molecule has 34 heavy (non-hydrogen) atoms. The van der Waals surface area contributed by atoms with Crippen molar-refractivity contribution in [3.63, 3.8) is 0 Å². The number of aryl methyl sites for hydroxylation is 1. The second-order valence-electron chi connectivity index (χ2n) is 7.84. The number of hydrogen-bond acceptors (Lipinski definition) is 7. The van der Waals surface area contributed by atoms with Crippen molar-refractivity contribution in [1.29, 1.82) is 0 Å². The summed E-state index contributed by atoms with van der Waals surface area (Å²) in [6, 6.07) is 17.5. The number of fused-ring (bicyclic) bond motifs is 1. The van der Waals surface area contributed by atoms with E-state index in [1.165, 1.54) is 12.1 Å². The van der Waals surface area contributed by atoms with Crippen LogP contribution in [0.4, 0.5) is 5.82 Å². The van der Waals surface area contributed by atoms with E-state index in [9.17, 15) is 13.2 Å². The number of aromatic nitrogens is 4. The fraction of sp³-hybridized carbons (Fsp3) is 0.217. The number of carbonyl (C=O) groups is 1. The monoisotopic (exact) mass is 479 g/mol. The standard InChI is InChI=1S/C23H25N7O3S/c1-16-2-6-18(7-3-16)23(31)26-15-13-22-28-27-21-11-10-20(29-30(21)22)25-14-12-17-4-8-19(9-5-17)34(24,32)33/h2-11H,12-15H2,1H3,(H,25,29)(H,26,31)(H2,24,32,33). The molecule has 10 nitrogen and oxygen atoms in total. The summed E-state index contributed by atoms with van der Waals surface area (Å²) in [5.74, 6) is 1.15. The molecule has 176 valence electrons. The lowest BCUT2D eigenvalue weighted by atomic mass is 10.1. The Morgan fingerprint density at radius 1 is 0.941 bits per heavy atom. The Morgan fingerprint density at radius 3 is 2.38 bits per heavy atom. The molecule has 2 aromatic heterocycles. The second-order valence-corrected chi connectivity index (χ2v) is 9.40. The maximum atomic E-state index is 12.3. The van der Waals surface area contributed by atoms with Crippen LogP contribution in [0.1, 0.15) is 27.3 Å². The van der Waals surface area contributed by atoms with Crippen molar-refractivity contribution < 1.29 is 13.2 Å². The van der Waals surface area contributed by atoms with E-state index >= 15 is 0 Å². The first kappa shape index (κ1) is 23.3. The first-order valence-corrected chi connectivity index (χ1v) is 12.3. The molecule has 0 unspecified atom stereocenters. The first-order chi connectivity index (χ1) is 16.3. The summed E-state index contributed by atoms with van der Waals surface area (Å²) in [5, 5.41) is 24.1. The van der Waals surface area contributed by atoms with Crippen LogP contribution in [-0.2, 0) is 22.9 Å². The van der Waals surface area contributed by atoms with E-state index in [-0.39, 0.29) is 10.8 Å². The third-order valence-electron chi connectivity index (χ3n) is 5.25. The Kier molecular flexibility index (Phi) is 6.85. The minimum absolute atomic E-state index is 0.0894. The number of anilines is 1. The van der Waals surface area contributed by atoms with Crippen molar-refractivity contribution in [2.45, 2.75) is 24.7 Å². The average Bonchev–Trinajstić information content (AvgIpc) is 3.21. The number of hydrogen-bond donors (Lipinski definition) is 3. The van der Waals surface area contributed by atoms with Crippen LogP contribution < -0.4 is 15.8 Å². The summed E-state index contributed by atoms with van der Waals surface area (Å²) >= 11 is 0. The molecule has 4 N–H and O–H groups in total. The number of carbonyl (C=O) groups excluding carboxylic acids is 1. The fourth-order valence-corrected chi connectivity index (χ4v) is 3.87. The van der Waals surface area contributed by atoms with Crippen LogP contribution in [0.25, 0.3) is 5.65 Å². The molecule has 4 rings (SSSR count). The molecule has 0 spiro atoms. The third kappa shape index (κ3) is 5.74. The molecule has 0 aliphatic carbocycles. The van der Waals surface area contributed by atoms with E-state index in [1.807, 2.05) is 31.2 Å². The summed E-state index contributed by atoms with van der Waals surface area (Å²) in [7, 11) is -3.69. The summed E-state index contributed by atoms with van der Waals surface area (Å²) in [6.45, 7) is 2.97. The Labute approximate surface area is 197 Å². The highest BCUT2D eigenvalue weighted by Crippen LogP contribution is 2.11. The van der Waals surface area contributed by atoms with Gasteiger partial charge in [0, 0.05) is 25.1 Å². The van der Waals surface area contributed by atoms with Crippen LogP contribution in [0.3, 0.4) is 0 Å². The zero-order valence-electron chi connectivity index (χ0n) is 18.6. The minimum Gasteiger partial charge on any atom is -0.368 e. The van der Waals surface area contributed by atoms with Crippen molar-refractivity contribution in [3.05, 3.63) is 83.2 Å². The molecular formula is C23H25N7O3S. The van der Waals surface area contributed by atoms with Gasteiger partial charge in [0.05, 0.1) is 4.90 Å². The van der Waals surface area contributed by atoms with Gasteiger partial charge in [0.2, 0.25) is 10.0 Å². The number of sulfonamides is 1. The Morgan fingerprint density at radius 2 is 1.68 bits per heavy atom. The number of primary sulfonamides is 1. The van der Waals surface area contributed by atoms with E-state index in [0.717, 1.165) is 11.1 Å². The molecular weight excluding hydrogens is 454 g/mol. The molecule has 0 saturated carbocycles. The molecule has 2 heterocycles. The summed E-state index contributed by atoms with van der Waals surface area (Å²) in [6.07, 6.45) is 1.15. The van der Waals surface area contributed by atoms with Gasteiger partial charge in [-0.15, -0.1) is 15.3 Å². The van der Waals surface area contributed by atoms with Gasteiger partial charge in [-0.25, -0.2) is 13.6 Å². The quantitative estimate of drug-likeness (QED) is 0.331. The van der Waals surface area contributed by atoms with Gasteiger partial charge in [0.1, 0.15) is 5.82 Å². The van der Waals surface area contributed by atoms with Gasteiger partial charge in [-0.1, -0.05) is 29.8 Å². The minimum atomic E-state index is -3.69. The van der Waals surface area contributed by atoms with Crippen LogP contribution in [-0.4, -0.2) is 47.2 Å². The molecule has 0 bridgehead atoms. The van der Waals surface area contributed by atoms with Gasteiger partial charge in [-0.3, -0.25) is 4.79 Å². The smallest absolute Gasteiger partial charge is 0.251 e. The number of nitrogens with zero attached hydrogens (tertiary/aromatic N) is 4. The Bertz CT molecular complexity index is 1400. The van der Waals surface area contributed by atoms with Crippen LogP contribution in [0.15, 0.2) is 65.6 Å². The van der Waals surface area contributed by atoms with Crippen LogP contribution >= 0.6 is 0 Å². The van der Waals surface area contributed by atoms with E-state index in [2.05, 4.69) is 25.9 Å². The number of rotatable bonds is 9. The normalized spacial score (nSPS) is 11.5. The van der Waals surface area contributed by atoms with Gasteiger partial charge >= 0.3 is 0 Å². The molecule has 1 amide bonds. The van der Waals surface area contributed by atoms with E-state index in [4.69, 9.17) is 5.14 Å². The molecule has 0 aliphatic heterocycles. The number of nitrogens with two attached hydrogens (primary N) is 1. The Balaban J connectivity index is 1.32. The summed E-state index contributed by atoms with van der Waals surface area (Å²) in [5.41, 5.74) is 3.29. The van der Waals surface area contributed by atoms with Crippen molar-refractivity contribution in [1.82, 2.24) is 25.1 Å². The van der Waals surface area contributed by atoms with Gasteiger partial charge in [0.25, 0.3) is 5.91 Å². The van der Waals surface area contributed by atoms with Gasteiger partial charge in [-0.05, 0) is 55.3 Å². The predicted molar refractivity (Wildman–Crippen MR) is 128 cm³/mol. The number of amides is 1. The molecule has 0 fully saturated rings. The molecule has 0 saturated heterocycles. The maximum Gasteiger partial charge on any atom is 0.251 e. The van der Waals surface area contributed by atoms with E-state index in [1.54, 1.807) is 28.8 Å². The van der Waals surface area contributed by atoms with Gasteiger partial charge < -0.3 is 10.6 Å². The highest BCUT2D eigenvalue weighted by molar-refractivity contribution is 7.89. The number of benzene rings is 2. The lowest BCUT2D eigenvalue weighted by Crippen LogP contribution is -2.26. The molecule has 11 heteroatoms. The van der Waals surface area contributed by atoms with Crippen molar-refractivity contribution in [2.24, 2.45) is 5.14 Å². The summed E-state index contributed by atoms with van der Waals surface area (Å²) in [4.78, 5) is 12.4. The lowest BCUT2D eigenvalue weighted by Gasteiger charge is -2.08. The van der Waals surface area contributed by atoms with Crippen LogP contribution in [0.2, 0.25) is 0 Å². The third-order valence-corrected chi connectivity index (χ3v) is 6.18. The van der Waals surface area contributed by atoms with E-state index < -0.39 is 10.0 Å². The van der Waals surface area contributed by atoms with E-state index in [0.29, 0.717) is 48.8 Å². The summed E-state index contributed by atoms with van der Waals surface area (Å²) < 4.78 is 24.4. The fourth-order valence-electron chi connectivity index (χ4n) is 3.36. The lowest BCUT2D eigenvalue weighted by molar-refractivity contribution is 0.0954. The molecule has 4 aromatic rings. The largest absolute Gasteiger partial charge is 0.368 e. The van der Waals surface area contributed by atoms with Crippen molar-refractivity contribution in [3.8, 4) is 0 Å². The van der Waals surface area contributed by atoms with Gasteiger partial charge in [-0.2, -0.15) is 4.52 Å². The van der Waals surface area contributed by atoms with Crippen LogP contribution in [0.5, 0.6) is 0 Å². The first-order valence-electron chi connectivity index (χ1n) is 10.7. The van der Waals surface area contributed by atoms with Crippen LogP contribution in [0, 0.1) is 6.92 Å². The Hall–Kier alpha value is -3.83. The highest BCUT2D eigenvalue weighted by atomic mass is 32.2. The number of nitrogens with one attached hydrogen (secondary N) is 2. The molecule has 2 aromatic carbocycles. The SMILES string of the molecule is Cc1ccc(C(=O)NCCc2nnc3ccc(NCCc4ccc(S(N)(=O)=O)cc4)nn23)cc1. The average molecular weight is 480 g/mol. The molecule has 0 aliphatic rings. The van der Waals surface area contributed by atoms with Gasteiger partial charge in [0.15, 0.2) is 11.5 Å². The van der Waals surface area contributed by atoms with Crippen molar-refractivity contribution in [2.75, 3.05) is 18.4 Å². The topological polar surface area (TPSA) is 144 Å². The molecule has 0 atom stereocenters. The zero-order chi connectivity index (χ0) is 24.1. The second kappa shape index (κ2) is 9.98.